The first-order chi connectivity index (χ1) is 17.8. The predicted octanol–water partition coefficient (Wildman–Crippen LogP) is 4.97. The first-order valence-electron chi connectivity index (χ1n) is 13.2. The number of hydrogen-bond donors (Lipinski definition) is 1. The molecule has 2 aliphatic rings. The molecule has 10 heteroatoms. The average Bonchev–Trinajstić information content (AvgIpc) is 2.90. The molecular formula is C27H41ClN4O4S. The van der Waals surface area contributed by atoms with E-state index in [1.165, 1.54) is 13.2 Å². The molecule has 1 saturated heterocycles. The number of nitrogens with one attached hydrogen (secondary N) is 1. The van der Waals surface area contributed by atoms with Crippen LogP contribution in [0, 0.1) is 0 Å². The monoisotopic (exact) mass is 552 g/mol. The van der Waals surface area contributed by atoms with Crippen molar-refractivity contribution < 1.29 is 17.9 Å². The Labute approximate surface area is 227 Å². The molecule has 0 amide bonds. The molecule has 0 bridgehead atoms. The summed E-state index contributed by atoms with van der Waals surface area (Å²) in [6.45, 7) is 11.8. The van der Waals surface area contributed by atoms with E-state index in [0.717, 1.165) is 63.4 Å². The number of ether oxygens (including phenoxy) is 2. The second-order valence-electron chi connectivity index (χ2n) is 9.44. The van der Waals surface area contributed by atoms with Gasteiger partial charge in [-0.1, -0.05) is 25.4 Å². The van der Waals surface area contributed by atoms with E-state index in [2.05, 4.69) is 19.5 Å². The maximum atomic E-state index is 13.0. The maximum absolute atomic E-state index is 13.0. The summed E-state index contributed by atoms with van der Waals surface area (Å²) in [5.74, 6) is 2.04. The first kappa shape index (κ1) is 29.5. The Balaban J connectivity index is 0.00000186. The van der Waals surface area contributed by atoms with Gasteiger partial charge in [-0.15, -0.1) is 0 Å². The number of rotatable bonds is 8. The van der Waals surface area contributed by atoms with Gasteiger partial charge in [-0.2, -0.15) is 0 Å². The molecule has 37 heavy (non-hydrogen) atoms. The van der Waals surface area contributed by atoms with Crippen molar-refractivity contribution in [2.75, 3.05) is 38.2 Å². The number of benzene rings is 1. The van der Waals surface area contributed by atoms with E-state index >= 15 is 0 Å². The van der Waals surface area contributed by atoms with Crippen LogP contribution in [0.25, 0.3) is 0 Å². The summed E-state index contributed by atoms with van der Waals surface area (Å²) in [7, 11) is -2.26. The summed E-state index contributed by atoms with van der Waals surface area (Å²) in [6.07, 6.45) is 5.46. The van der Waals surface area contributed by atoms with Crippen LogP contribution in [-0.2, 0) is 10.0 Å². The van der Waals surface area contributed by atoms with Crippen molar-refractivity contribution in [2.24, 2.45) is 0 Å². The first-order valence-corrected chi connectivity index (χ1v) is 15.1. The van der Waals surface area contributed by atoms with Gasteiger partial charge in [-0.05, 0) is 69.9 Å². The van der Waals surface area contributed by atoms with Crippen LogP contribution in [0.5, 0.6) is 11.5 Å². The van der Waals surface area contributed by atoms with Gasteiger partial charge in [-0.3, -0.25) is 4.90 Å². The second kappa shape index (κ2) is 13.6. The molecule has 1 aromatic carbocycles. The van der Waals surface area contributed by atoms with Crippen LogP contribution in [0.4, 0.5) is 5.82 Å². The number of aromatic nitrogens is 1. The average molecular weight is 553 g/mol. The fourth-order valence-corrected chi connectivity index (χ4v) is 6.70. The van der Waals surface area contributed by atoms with Crippen molar-refractivity contribution >= 4 is 27.4 Å². The Morgan fingerprint density at radius 3 is 2.32 bits per heavy atom. The molecule has 8 nitrogen and oxygen atoms in total. The van der Waals surface area contributed by atoms with Crippen molar-refractivity contribution in [3.8, 4) is 11.5 Å². The molecule has 2 fully saturated rings. The number of nitrogens with zero attached hydrogens (tertiary/aromatic N) is 3. The molecule has 0 radical (unpaired) electrons. The van der Waals surface area contributed by atoms with E-state index in [1.807, 2.05) is 46.0 Å². The molecule has 1 N–H and O–H groups in total. The van der Waals surface area contributed by atoms with Crippen molar-refractivity contribution in [1.29, 1.82) is 0 Å². The minimum Gasteiger partial charge on any atom is -0.495 e. The topological polar surface area (TPSA) is 84.0 Å². The molecule has 0 spiro atoms. The van der Waals surface area contributed by atoms with E-state index in [1.54, 1.807) is 12.1 Å². The summed E-state index contributed by atoms with van der Waals surface area (Å²) in [5.41, 5.74) is 0. The highest BCUT2D eigenvalue weighted by Crippen LogP contribution is 2.31. The van der Waals surface area contributed by atoms with Crippen molar-refractivity contribution in [2.45, 2.75) is 76.5 Å². The fourth-order valence-electron chi connectivity index (χ4n) is 4.97. The third-order valence-electron chi connectivity index (χ3n) is 6.68. The van der Waals surface area contributed by atoms with E-state index in [9.17, 15) is 8.42 Å². The molecule has 0 unspecified atom stereocenters. The molecule has 2 heterocycles. The van der Waals surface area contributed by atoms with Gasteiger partial charge in [0, 0.05) is 49.5 Å². The van der Waals surface area contributed by atoms with E-state index in [-0.39, 0.29) is 17.0 Å². The fraction of sp³-hybridized carbons (Fsp3) is 0.593. The Bertz CT molecular complexity index is 1100. The zero-order valence-corrected chi connectivity index (χ0v) is 24.2. The summed E-state index contributed by atoms with van der Waals surface area (Å²) in [6, 6.07) is 8.90. The molecule has 4 rings (SSSR count). The molecule has 1 saturated carbocycles. The third kappa shape index (κ3) is 7.72. The number of sulfonamides is 1. The standard InChI is InChI=1S/C25H35ClN4O4S.C2H6/c1-18(2)34-23-5-4-12-27-25(23)30-15-13-29(14-16-30)21-9-7-20(8-10-21)28-35(31,32)24-17-19(26)6-11-22(24)33-3;1-2/h4-6,11-12,17-18,20-21,28H,7-10,13-16H2,1-3H3;1-2H3. The Morgan fingerprint density at radius 2 is 1.70 bits per heavy atom. The lowest BCUT2D eigenvalue weighted by Gasteiger charge is -2.42. The molecule has 206 valence electrons. The minimum absolute atomic E-state index is 0.0843. The molecule has 1 aliphatic heterocycles. The number of hydrogen-bond acceptors (Lipinski definition) is 7. The van der Waals surface area contributed by atoms with Gasteiger partial charge in [0.25, 0.3) is 0 Å². The third-order valence-corrected chi connectivity index (χ3v) is 8.45. The number of piperazine rings is 1. The van der Waals surface area contributed by atoms with Crippen molar-refractivity contribution in [1.82, 2.24) is 14.6 Å². The van der Waals surface area contributed by atoms with Crippen LogP contribution in [0.2, 0.25) is 5.02 Å². The van der Waals surface area contributed by atoms with Crippen LogP contribution in [0.1, 0.15) is 53.4 Å². The van der Waals surface area contributed by atoms with Gasteiger partial charge in [0.15, 0.2) is 11.6 Å². The number of methoxy groups -OCH3 is 1. The molecule has 0 atom stereocenters. The zero-order valence-electron chi connectivity index (χ0n) is 22.6. The summed E-state index contributed by atoms with van der Waals surface area (Å²) < 4.78 is 40.1. The van der Waals surface area contributed by atoms with Crippen LogP contribution < -0.4 is 19.1 Å². The normalized spacial score (nSPS) is 20.8. The van der Waals surface area contributed by atoms with Gasteiger partial charge in [0.1, 0.15) is 10.6 Å². The molecular weight excluding hydrogens is 512 g/mol. The lowest BCUT2D eigenvalue weighted by molar-refractivity contribution is 0.139. The minimum atomic E-state index is -3.72. The number of pyridine rings is 1. The number of halogens is 1. The van der Waals surface area contributed by atoms with Gasteiger partial charge in [0.2, 0.25) is 10.0 Å². The van der Waals surface area contributed by atoms with Crippen LogP contribution >= 0.6 is 11.6 Å². The van der Waals surface area contributed by atoms with Gasteiger partial charge >= 0.3 is 0 Å². The van der Waals surface area contributed by atoms with Crippen LogP contribution in [0.3, 0.4) is 0 Å². The quantitative estimate of drug-likeness (QED) is 0.495. The second-order valence-corrected chi connectivity index (χ2v) is 11.6. The highest BCUT2D eigenvalue weighted by Gasteiger charge is 2.32. The number of anilines is 1. The van der Waals surface area contributed by atoms with Crippen LogP contribution in [-0.4, -0.2) is 69.8 Å². The Hall–Kier alpha value is -2.07. The summed E-state index contributed by atoms with van der Waals surface area (Å²) in [5, 5.41) is 0.364. The van der Waals surface area contributed by atoms with E-state index in [0.29, 0.717) is 16.8 Å². The smallest absolute Gasteiger partial charge is 0.244 e. The van der Waals surface area contributed by atoms with Crippen molar-refractivity contribution in [3.05, 3.63) is 41.6 Å². The van der Waals surface area contributed by atoms with Crippen molar-refractivity contribution in [3.63, 3.8) is 0 Å². The van der Waals surface area contributed by atoms with Gasteiger partial charge in [0.05, 0.1) is 13.2 Å². The van der Waals surface area contributed by atoms with E-state index < -0.39 is 10.0 Å². The molecule has 1 aromatic heterocycles. The molecule has 1 aliphatic carbocycles. The summed E-state index contributed by atoms with van der Waals surface area (Å²) in [4.78, 5) is 9.50. The SMILES string of the molecule is CC.COc1ccc(Cl)cc1S(=O)(=O)NC1CCC(N2CCN(c3ncccc3OC(C)C)CC2)CC1. The zero-order chi connectivity index (χ0) is 27.0. The largest absolute Gasteiger partial charge is 0.495 e. The Kier molecular flexibility index (Phi) is 10.9. The summed E-state index contributed by atoms with van der Waals surface area (Å²) >= 11 is 6.04. The maximum Gasteiger partial charge on any atom is 0.244 e. The van der Waals surface area contributed by atoms with Gasteiger partial charge < -0.3 is 14.4 Å². The van der Waals surface area contributed by atoms with Crippen LogP contribution in [0.15, 0.2) is 41.4 Å². The lowest BCUT2D eigenvalue weighted by Crippen LogP contribution is -2.52. The van der Waals surface area contributed by atoms with Gasteiger partial charge in [-0.25, -0.2) is 18.1 Å². The highest BCUT2D eigenvalue weighted by atomic mass is 35.5. The lowest BCUT2D eigenvalue weighted by atomic mass is 9.90. The Morgan fingerprint density at radius 1 is 1.03 bits per heavy atom. The molecule has 2 aromatic rings. The van der Waals surface area contributed by atoms with E-state index in [4.69, 9.17) is 21.1 Å². The highest BCUT2D eigenvalue weighted by molar-refractivity contribution is 7.89. The predicted molar refractivity (Wildman–Crippen MR) is 150 cm³/mol.